The van der Waals surface area contributed by atoms with Crippen molar-refractivity contribution in [2.75, 3.05) is 20.2 Å². The Balaban J connectivity index is 0.000000791. The summed E-state index contributed by atoms with van der Waals surface area (Å²) in [6.45, 7) is 6.15. The number of rotatable bonds is 2. The third-order valence-electron chi connectivity index (χ3n) is 2.83. The molecule has 0 bridgehead atoms. The molecule has 2 atom stereocenters. The number of hydrogen-bond donors (Lipinski definition) is 1. The molecule has 86 valence electrons. The largest absolute Gasteiger partial charge is 0.394 e. The highest BCUT2D eigenvalue weighted by molar-refractivity contribution is 4.94. The van der Waals surface area contributed by atoms with Crippen LogP contribution in [0, 0.1) is 5.92 Å². The number of alkyl halides is 2. The first-order valence-corrected chi connectivity index (χ1v) is 5.10. The van der Waals surface area contributed by atoms with Gasteiger partial charge < -0.3 is 5.11 Å². The van der Waals surface area contributed by atoms with Crippen molar-refractivity contribution in [1.29, 1.82) is 0 Å². The average Bonchev–Trinajstić information content (AvgIpc) is 2.48. The number of aliphatic hydroxyl groups excluding tert-OH is 1. The average molecular weight is 209 g/mol. The molecule has 0 aromatic heterocycles. The van der Waals surface area contributed by atoms with Crippen molar-refractivity contribution in [3.05, 3.63) is 0 Å². The van der Waals surface area contributed by atoms with E-state index < -0.39 is 17.9 Å². The molecule has 0 aliphatic carbocycles. The lowest BCUT2D eigenvalue weighted by Crippen LogP contribution is -2.41. The molecule has 1 rings (SSSR count). The fraction of sp³-hybridized carbons (Fsp3) is 1.00. The van der Waals surface area contributed by atoms with Crippen molar-refractivity contribution in [2.24, 2.45) is 5.92 Å². The van der Waals surface area contributed by atoms with Crippen LogP contribution in [0.2, 0.25) is 0 Å². The monoisotopic (exact) mass is 209 g/mol. The van der Waals surface area contributed by atoms with Gasteiger partial charge in [0, 0.05) is 18.0 Å². The van der Waals surface area contributed by atoms with Gasteiger partial charge in [-0.25, -0.2) is 8.78 Å². The minimum Gasteiger partial charge on any atom is -0.394 e. The Bertz CT molecular complexity index is 166. The molecule has 1 unspecified atom stereocenters. The van der Waals surface area contributed by atoms with Crippen molar-refractivity contribution < 1.29 is 13.9 Å². The van der Waals surface area contributed by atoms with Gasteiger partial charge in [0.1, 0.15) is 0 Å². The third kappa shape index (κ3) is 2.89. The molecular weight excluding hydrogens is 188 g/mol. The van der Waals surface area contributed by atoms with Crippen LogP contribution in [-0.2, 0) is 0 Å². The van der Waals surface area contributed by atoms with Crippen LogP contribution in [0.1, 0.15) is 27.2 Å². The zero-order chi connectivity index (χ0) is 11.4. The predicted molar refractivity (Wildman–Crippen MR) is 53.6 cm³/mol. The van der Waals surface area contributed by atoms with E-state index in [-0.39, 0.29) is 6.61 Å². The fourth-order valence-corrected chi connectivity index (χ4v) is 1.71. The lowest BCUT2D eigenvalue weighted by atomic mass is 9.95. The van der Waals surface area contributed by atoms with Gasteiger partial charge in [0.25, 0.3) is 0 Å². The minimum absolute atomic E-state index is 0.0489. The lowest BCUT2D eigenvalue weighted by Gasteiger charge is -2.29. The molecule has 1 fully saturated rings. The van der Waals surface area contributed by atoms with E-state index in [0.29, 0.717) is 13.0 Å². The smallest absolute Gasteiger partial charge is 0.242 e. The highest BCUT2D eigenvalue weighted by atomic mass is 19.3. The van der Waals surface area contributed by atoms with Gasteiger partial charge in [-0.05, 0) is 20.4 Å². The van der Waals surface area contributed by atoms with Gasteiger partial charge in [-0.2, -0.15) is 0 Å². The molecule has 1 heterocycles. The predicted octanol–water partition coefficient (Wildman–Crippen LogP) is 1.98. The molecule has 0 saturated carbocycles. The van der Waals surface area contributed by atoms with Gasteiger partial charge in [0.05, 0.1) is 6.61 Å². The van der Waals surface area contributed by atoms with Gasteiger partial charge in [-0.15, -0.1) is 0 Å². The molecule has 0 aromatic rings. The van der Waals surface area contributed by atoms with E-state index in [1.807, 2.05) is 25.7 Å². The summed E-state index contributed by atoms with van der Waals surface area (Å²) < 4.78 is 24.6. The van der Waals surface area contributed by atoms with Crippen LogP contribution in [0.25, 0.3) is 0 Å². The van der Waals surface area contributed by atoms with Crippen LogP contribution in [0.5, 0.6) is 0 Å². The minimum atomic E-state index is -2.26. The Morgan fingerprint density at radius 1 is 1.50 bits per heavy atom. The molecule has 1 N–H and O–H groups in total. The first kappa shape index (κ1) is 13.8. The molecule has 0 aromatic carbocycles. The lowest BCUT2D eigenvalue weighted by molar-refractivity contribution is 0.0797. The number of nitrogens with zero attached hydrogens (tertiary/aromatic N) is 1. The Morgan fingerprint density at radius 2 is 2.00 bits per heavy atom. The number of likely N-dealkylation sites (tertiary alicyclic amines) is 1. The van der Waals surface area contributed by atoms with Crippen molar-refractivity contribution >= 4 is 0 Å². The summed E-state index contributed by atoms with van der Waals surface area (Å²) in [7, 11) is 1.78. The second-order valence-electron chi connectivity index (χ2n) is 3.83. The molecule has 2 nitrogen and oxygen atoms in total. The second kappa shape index (κ2) is 5.61. The van der Waals surface area contributed by atoms with Crippen LogP contribution in [-0.4, -0.2) is 42.2 Å². The summed E-state index contributed by atoms with van der Waals surface area (Å²) in [5.41, 5.74) is -0.443. The number of halogens is 2. The SMILES string of the molecule is CC.CN1CC(C(F)F)C[C@@]1(C)CO. The summed E-state index contributed by atoms with van der Waals surface area (Å²) in [6.07, 6.45) is -1.88. The molecule has 0 amide bonds. The zero-order valence-corrected chi connectivity index (χ0v) is 9.43. The van der Waals surface area contributed by atoms with E-state index in [0.717, 1.165) is 0 Å². The van der Waals surface area contributed by atoms with Crippen LogP contribution >= 0.6 is 0 Å². The maximum atomic E-state index is 12.3. The van der Waals surface area contributed by atoms with Gasteiger partial charge in [-0.3, -0.25) is 4.90 Å². The molecule has 0 spiro atoms. The second-order valence-corrected chi connectivity index (χ2v) is 3.83. The van der Waals surface area contributed by atoms with Crippen molar-refractivity contribution in [2.45, 2.75) is 39.2 Å². The van der Waals surface area contributed by atoms with E-state index >= 15 is 0 Å². The summed E-state index contributed by atoms with van der Waals surface area (Å²) >= 11 is 0. The number of hydrogen-bond acceptors (Lipinski definition) is 2. The molecule has 4 heteroatoms. The number of likely N-dealkylation sites (N-methyl/N-ethyl adjacent to an activating group) is 1. The molecule has 1 aliphatic rings. The van der Waals surface area contributed by atoms with Crippen molar-refractivity contribution in [3.8, 4) is 0 Å². The first-order chi connectivity index (χ1) is 6.49. The quantitative estimate of drug-likeness (QED) is 0.751. The van der Waals surface area contributed by atoms with Crippen molar-refractivity contribution in [3.63, 3.8) is 0 Å². The van der Waals surface area contributed by atoms with Crippen LogP contribution < -0.4 is 0 Å². The van der Waals surface area contributed by atoms with Crippen molar-refractivity contribution in [1.82, 2.24) is 4.90 Å². The van der Waals surface area contributed by atoms with Gasteiger partial charge in [-0.1, -0.05) is 13.8 Å². The topological polar surface area (TPSA) is 23.5 Å². The Labute approximate surface area is 84.9 Å². The fourth-order valence-electron chi connectivity index (χ4n) is 1.71. The third-order valence-corrected chi connectivity index (χ3v) is 2.83. The molecule has 14 heavy (non-hydrogen) atoms. The van der Waals surface area contributed by atoms with Gasteiger partial charge in [0.2, 0.25) is 6.43 Å². The Morgan fingerprint density at radius 3 is 2.21 bits per heavy atom. The molecule has 0 radical (unpaired) electrons. The Kier molecular flexibility index (Phi) is 5.52. The van der Waals surface area contributed by atoms with E-state index in [2.05, 4.69) is 0 Å². The normalized spacial score (nSPS) is 33.0. The maximum Gasteiger partial charge on any atom is 0.242 e. The van der Waals surface area contributed by atoms with E-state index in [1.165, 1.54) is 0 Å². The van der Waals surface area contributed by atoms with Crippen LogP contribution in [0.4, 0.5) is 8.78 Å². The van der Waals surface area contributed by atoms with E-state index in [9.17, 15) is 8.78 Å². The van der Waals surface area contributed by atoms with Crippen LogP contribution in [0.15, 0.2) is 0 Å². The summed E-state index contributed by atoms with van der Waals surface area (Å²) in [6, 6.07) is 0. The zero-order valence-electron chi connectivity index (χ0n) is 9.43. The molecule has 1 aliphatic heterocycles. The maximum absolute atomic E-state index is 12.3. The first-order valence-electron chi connectivity index (χ1n) is 5.10. The number of aliphatic hydroxyl groups is 1. The summed E-state index contributed by atoms with van der Waals surface area (Å²) in [5, 5.41) is 9.01. The summed E-state index contributed by atoms with van der Waals surface area (Å²) in [5.74, 6) is -0.577. The van der Waals surface area contributed by atoms with Crippen LogP contribution in [0.3, 0.4) is 0 Å². The summed E-state index contributed by atoms with van der Waals surface area (Å²) in [4.78, 5) is 1.81. The van der Waals surface area contributed by atoms with E-state index in [1.54, 1.807) is 7.05 Å². The molecule has 1 saturated heterocycles. The highest BCUT2D eigenvalue weighted by Crippen LogP contribution is 2.34. The highest BCUT2D eigenvalue weighted by Gasteiger charge is 2.42. The van der Waals surface area contributed by atoms with Gasteiger partial charge >= 0.3 is 0 Å². The Hall–Kier alpha value is -0.220. The van der Waals surface area contributed by atoms with Gasteiger partial charge in [0.15, 0.2) is 0 Å². The van der Waals surface area contributed by atoms with E-state index in [4.69, 9.17) is 5.11 Å². The molecular formula is C10H21F2NO. The standard InChI is InChI=1S/C8H15F2NO.C2H6/c1-8(5-12)3-6(7(9)10)4-11(8)2;1-2/h6-7,12H,3-5H2,1-2H3;1-2H3/t6?,8-;/m0./s1.